The Morgan fingerprint density at radius 3 is 2.35 bits per heavy atom. The fourth-order valence-electron chi connectivity index (χ4n) is 4.60. The molecule has 8 nitrogen and oxygen atoms in total. The van der Waals surface area contributed by atoms with Gasteiger partial charge in [0.05, 0.1) is 33.8 Å². The predicted molar refractivity (Wildman–Crippen MR) is 143 cm³/mol. The minimum atomic E-state index is -0.484. The van der Waals surface area contributed by atoms with Crippen LogP contribution in [0, 0.1) is 6.92 Å². The van der Waals surface area contributed by atoms with Gasteiger partial charge in [0.2, 0.25) is 0 Å². The van der Waals surface area contributed by atoms with Crippen LogP contribution >= 0.6 is 11.3 Å². The van der Waals surface area contributed by atoms with Crippen molar-refractivity contribution in [3.05, 3.63) is 99.9 Å². The van der Waals surface area contributed by atoms with Crippen molar-refractivity contribution in [2.45, 2.75) is 13.8 Å². The number of para-hydroxylation sites is 1. The highest BCUT2D eigenvalue weighted by Crippen LogP contribution is 2.36. The van der Waals surface area contributed by atoms with Crippen molar-refractivity contribution in [2.24, 2.45) is 0 Å². The van der Waals surface area contributed by atoms with Gasteiger partial charge < -0.3 is 4.74 Å². The highest BCUT2D eigenvalue weighted by molar-refractivity contribution is 7.13. The maximum atomic E-state index is 14.1. The number of aromatic nitrogens is 5. The third-order valence-electron chi connectivity index (χ3n) is 6.14. The number of benzene rings is 2. The minimum absolute atomic E-state index is 0.219. The van der Waals surface area contributed by atoms with Gasteiger partial charge in [0.25, 0.3) is 0 Å². The van der Waals surface area contributed by atoms with Gasteiger partial charge in [-0.05, 0) is 43.0 Å². The topological polar surface area (TPSA) is 91.4 Å². The van der Waals surface area contributed by atoms with E-state index in [1.807, 2.05) is 78.2 Å². The first-order valence-electron chi connectivity index (χ1n) is 11.8. The molecule has 0 radical (unpaired) electrons. The highest BCUT2D eigenvalue weighted by atomic mass is 32.1. The van der Waals surface area contributed by atoms with Crippen LogP contribution in [-0.4, -0.2) is 36.7 Å². The molecule has 0 aliphatic carbocycles. The van der Waals surface area contributed by atoms with E-state index in [1.54, 1.807) is 18.4 Å². The number of fused-ring (bicyclic) bond motifs is 3. The van der Waals surface area contributed by atoms with Gasteiger partial charge in [0.1, 0.15) is 0 Å². The summed E-state index contributed by atoms with van der Waals surface area (Å²) < 4.78 is 8.50. The summed E-state index contributed by atoms with van der Waals surface area (Å²) in [6.45, 7) is 3.74. The van der Waals surface area contributed by atoms with Gasteiger partial charge in [-0.25, -0.2) is 23.5 Å². The summed E-state index contributed by atoms with van der Waals surface area (Å²) in [5.74, 6) is -0.0549. The monoisotopic (exact) mass is 507 g/mol. The molecule has 0 unspecified atom stereocenters. The standard InChI is InChI=1S/C28H21N5O3S/c1-3-36-27(34)21-17(2)29-25-23(22(21)18-11-6-4-7-12-18)26-31-30-24(20-15-10-16-37-20)33(26)28(35)32(25)19-13-8-5-9-14-19/h4-16H,3H2,1-2H3. The van der Waals surface area contributed by atoms with Crippen LogP contribution in [0.3, 0.4) is 0 Å². The number of aryl methyl sites for hydroxylation is 1. The predicted octanol–water partition coefficient (Wildman–Crippen LogP) is 5.31. The van der Waals surface area contributed by atoms with Crippen molar-refractivity contribution in [1.82, 2.24) is 24.1 Å². The van der Waals surface area contributed by atoms with Crippen molar-refractivity contribution in [3.63, 3.8) is 0 Å². The molecular formula is C28H21N5O3S. The zero-order valence-electron chi connectivity index (χ0n) is 20.1. The Kier molecular flexibility index (Phi) is 5.61. The SMILES string of the molecule is CCOC(=O)c1c(C)nc2c(c1-c1ccccc1)c1nnc(-c3cccs3)n1c(=O)n2-c1ccccc1. The van der Waals surface area contributed by atoms with Crippen molar-refractivity contribution >= 4 is 34.0 Å². The van der Waals surface area contributed by atoms with E-state index < -0.39 is 5.97 Å². The summed E-state index contributed by atoms with van der Waals surface area (Å²) in [6.07, 6.45) is 0. The Bertz CT molecular complexity index is 1830. The summed E-state index contributed by atoms with van der Waals surface area (Å²) in [6, 6.07) is 22.6. The van der Waals surface area contributed by atoms with Crippen molar-refractivity contribution < 1.29 is 9.53 Å². The van der Waals surface area contributed by atoms with Crippen LogP contribution in [0.5, 0.6) is 0 Å². The average Bonchev–Trinajstić information content (AvgIpc) is 3.60. The molecule has 0 spiro atoms. The third-order valence-corrected chi connectivity index (χ3v) is 7.00. The molecule has 0 saturated carbocycles. The summed E-state index contributed by atoms with van der Waals surface area (Å²) >= 11 is 1.47. The molecule has 2 aromatic carbocycles. The molecule has 4 aromatic heterocycles. The van der Waals surface area contributed by atoms with Crippen LogP contribution < -0.4 is 5.69 Å². The molecule has 4 heterocycles. The van der Waals surface area contributed by atoms with Gasteiger partial charge in [0, 0.05) is 5.56 Å². The number of hydrogen-bond donors (Lipinski definition) is 0. The molecule has 0 fully saturated rings. The largest absolute Gasteiger partial charge is 0.462 e. The van der Waals surface area contributed by atoms with Crippen LogP contribution in [0.4, 0.5) is 0 Å². The Morgan fingerprint density at radius 2 is 1.68 bits per heavy atom. The smallest absolute Gasteiger partial charge is 0.342 e. The number of hydrogen-bond acceptors (Lipinski definition) is 7. The van der Waals surface area contributed by atoms with Gasteiger partial charge in [-0.1, -0.05) is 54.6 Å². The van der Waals surface area contributed by atoms with Gasteiger partial charge in [0.15, 0.2) is 17.1 Å². The molecule has 0 aliphatic rings. The maximum Gasteiger partial charge on any atom is 0.342 e. The number of esters is 1. The van der Waals surface area contributed by atoms with E-state index in [0.29, 0.717) is 45.0 Å². The van der Waals surface area contributed by atoms with Crippen LogP contribution in [0.2, 0.25) is 0 Å². The van der Waals surface area contributed by atoms with Crippen LogP contribution in [-0.2, 0) is 4.74 Å². The first-order chi connectivity index (χ1) is 18.1. The number of rotatable bonds is 5. The first-order valence-corrected chi connectivity index (χ1v) is 12.6. The Hall–Kier alpha value is -4.63. The lowest BCUT2D eigenvalue weighted by Crippen LogP contribution is -2.28. The van der Waals surface area contributed by atoms with E-state index in [-0.39, 0.29) is 12.3 Å². The second-order valence-electron chi connectivity index (χ2n) is 8.35. The van der Waals surface area contributed by atoms with Gasteiger partial charge in [-0.2, -0.15) is 0 Å². The number of ether oxygens (including phenoxy) is 1. The third kappa shape index (κ3) is 3.63. The minimum Gasteiger partial charge on any atom is -0.462 e. The lowest BCUT2D eigenvalue weighted by atomic mass is 9.95. The van der Waals surface area contributed by atoms with Crippen molar-refractivity contribution in [1.29, 1.82) is 0 Å². The highest BCUT2D eigenvalue weighted by Gasteiger charge is 2.28. The van der Waals surface area contributed by atoms with E-state index in [1.165, 1.54) is 15.7 Å². The zero-order chi connectivity index (χ0) is 25.5. The lowest BCUT2D eigenvalue weighted by molar-refractivity contribution is 0.0526. The fraction of sp³-hybridized carbons (Fsp3) is 0.107. The van der Waals surface area contributed by atoms with Crippen LogP contribution in [0.15, 0.2) is 83.0 Å². The summed E-state index contributed by atoms with van der Waals surface area (Å²) in [7, 11) is 0. The van der Waals surface area contributed by atoms with Crippen LogP contribution in [0.25, 0.3) is 44.2 Å². The normalized spacial score (nSPS) is 11.3. The molecule has 0 saturated heterocycles. The van der Waals surface area contributed by atoms with Gasteiger partial charge in [-0.3, -0.25) is 0 Å². The summed E-state index contributed by atoms with van der Waals surface area (Å²) in [4.78, 5) is 33.0. The number of carbonyl (C=O) groups is 1. The summed E-state index contributed by atoms with van der Waals surface area (Å²) in [5.41, 5.74) is 3.17. The number of thiophene rings is 1. The first kappa shape index (κ1) is 22.8. The average molecular weight is 508 g/mol. The fourth-order valence-corrected chi connectivity index (χ4v) is 5.30. The van der Waals surface area contributed by atoms with Crippen molar-refractivity contribution in [2.75, 3.05) is 6.61 Å². The number of pyridine rings is 1. The molecule has 37 heavy (non-hydrogen) atoms. The second kappa shape index (κ2) is 9.11. The molecule has 0 aliphatic heterocycles. The number of nitrogens with zero attached hydrogens (tertiary/aromatic N) is 5. The molecule has 0 amide bonds. The quantitative estimate of drug-likeness (QED) is 0.294. The zero-order valence-corrected chi connectivity index (χ0v) is 20.9. The maximum absolute atomic E-state index is 14.1. The van der Waals surface area contributed by atoms with Crippen LogP contribution in [0.1, 0.15) is 23.0 Å². The molecule has 9 heteroatoms. The molecule has 0 atom stereocenters. The molecule has 0 N–H and O–H groups in total. The molecule has 182 valence electrons. The van der Waals surface area contributed by atoms with E-state index >= 15 is 0 Å². The molecule has 0 bridgehead atoms. The van der Waals surface area contributed by atoms with E-state index in [2.05, 4.69) is 10.2 Å². The molecule has 6 rings (SSSR count). The Labute approximate surface area is 215 Å². The molecular weight excluding hydrogens is 486 g/mol. The second-order valence-corrected chi connectivity index (χ2v) is 9.29. The van der Waals surface area contributed by atoms with E-state index in [9.17, 15) is 9.59 Å². The lowest BCUT2D eigenvalue weighted by Gasteiger charge is -2.18. The van der Waals surface area contributed by atoms with Gasteiger partial charge >= 0.3 is 11.7 Å². The Morgan fingerprint density at radius 1 is 0.946 bits per heavy atom. The van der Waals surface area contributed by atoms with Gasteiger partial charge in [-0.15, -0.1) is 21.5 Å². The van der Waals surface area contributed by atoms with Crippen molar-refractivity contribution in [3.8, 4) is 27.5 Å². The number of carbonyl (C=O) groups excluding carboxylic acids is 1. The molecule has 6 aromatic rings. The Balaban J connectivity index is 1.88. The van der Waals surface area contributed by atoms with E-state index in [4.69, 9.17) is 9.72 Å². The van der Waals surface area contributed by atoms with E-state index in [0.717, 1.165) is 10.4 Å². The summed E-state index contributed by atoms with van der Waals surface area (Å²) in [5, 5.41) is 11.4.